The number of nitrogens with zero attached hydrogens (tertiary/aromatic N) is 2. The fraction of sp³-hybridized carbons (Fsp3) is 0.389. The van der Waals surface area contributed by atoms with Crippen LogP contribution in [-0.2, 0) is 13.0 Å². The first-order chi connectivity index (χ1) is 10.7. The topological polar surface area (TPSA) is 34.6 Å². The van der Waals surface area contributed by atoms with Crippen LogP contribution < -0.4 is 9.47 Å². The molecule has 4 heteroatoms. The van der Waals surface area contributed by atoms with Crippen LogP contribution in [0.3, 0.4) is 0 Å². The molecule has 0 amide bonds. The largest absolute Gasteiger partial charge is 0.493 e. The summed E-state index contributed by atoms with van der Waals surface area (Å²) in [6.45, 7) is 1.52. The van der Waals surface area contributed by atoms with E-state index in [0.29, 0.717) is 6.61 Å². The van der Waals surface area contributed by atoms with Crippen LogP contribution in [0.4, 0.5) is 0 Å². The van der Waals surface area contributed by atoms with Crippen molar-refractivity contribution < 1.29 is 9.47 Å². The summed E-state index contributed by atoms with van der Waals surface area (Å²) in [6, 6.07) is 11.9. The van der Waals surface area contributed by atoms with Gasteiger partial charge in [-0.25, -0.2) is 0 Å². The normalized spacial score (nSPS) is 10.7. The quantitative estimate of drug-likeness (QED) is 0.750. The lowest BCUT2D eigenvalue weighted by Gasteiger charge is -2.13. The van der Waals surface area contributed by atoms with Gasteiger partial charge in [0.2, 0.25) is 0 Å². The molecule has 0 aliphatic rings. The molecule has 0 N–H and O–H groups in total. The van der Waals surface area contributed by atoms with E-state index in [9.17, 15) is 0 Å². The first-order valence-electron chi connectivity index (χ1n) is 7.53. The summed E-state index contributed by atoms with van der Waals surface area (Å²) in [5.74, 6) is 1.53. The molecule has 0 spiro atoms. The van der Waals surface area contributed by atoms with Gasteiger partial charge in [0.1, 0.15) is 6.61 Å². The Morgan fingerprint density at radius 3 is 2.64 bits per heavy atom. The number of aromatic nitrogens is 1. The Morgan fingerprint density at radius 1 is 1.09 bits per heavy atom. The Kier molecular flexibility index (Phi) is 6.22. The first kappa shape index (κ1) is 16.3. The predicted octanol–water partition coefficient (Wildman–Crippen LogP) is 3.16. The highest BCUT2D eigenvalue weighted by molar-refractivity contribution is 5.43. The van der Waals surface area contributed by atoms with Gasteiger partial charge in [0, 0.05) is 6.20 Å². The second-order valence-corrected chi connectivity index (χ2v) is 5.50. The number of aryl methyl sites for hydroxylation is 1. The summed E-state index contributed by atoms with van der Waals surface area (Å²) in [4.78, 5) is 6.47. The summed E-state index contributed by atoms with van der Waals surface area (Å²) < 4.78 is 11.3. The minimum absolute atomic E-state index is 0.443. The third-order valence-electron chi connectivity index (χ3n) is 3.40. The smallest absolute Gasteiger partial charge is 0.162 e. The van der Waals surface area contributed by atoms with Gasteiger partial charge in [-0.05, 0) is 63.3 Å². The van der Waals surface area contributed by atoms with Crippen molar-refractivity contribution in [1.82, 2.24) is 9.88 Å². The van der Waals surface area contributed by atoms with Gasteiger partial charge in [0.05, 0.1) is 12.8 Å². The number of rotatable bonds is 8. The zero-order chi connectivity index (χ0) is 15.8. The van der Waals surface area contributed by atoms with Crippen molar-refractivity contribution in [3.05, 3.63) is 53.9 Å². The van der Waals surface area contributed by atoms with E-state index in [1.807, 2.05) is 24.3 Å². The van der Waals surface area contributed by atoms with Crippen LogP contribution in [0.1, 0.15) is 17.7 Å². The van der Waals surface area contributed by atoms with Gasteiger partial charge in [-0.3, -0.25) is 4.98 Å². The average Bonchev–Trinajstić information content (AvgIpc) is 2.54. The Bertz CT molecular complexity index is 571. The molecule has 0 bridgehead atoms. The van der Waals surface area contributed by atoms with E-state index in [-0.39, 0.29) is 0 Å². The summed E-state index contributed by atoms with van der Waals surface area (Å²) in [7, 11) is 5.85. The zero-order valence-electron chi connectivity index (χ0n) is 13.6. The van der Waals surface area contributed by atoms with Crippen LogP contribution in [0.5, 0.6) is 11.5 Å². The van der Waals surface area contributed by atoms with Gasteiger partial charge in [0.15, 0.2) is 11.5 Å². The minimum atomic E-state index is 0.443. The highest BCUT2D eigenvalue weighted by Crippen LogP contribution is 2.29. The van der Waals surface area contributed by atoms with Crippen molar-refractivity contribution in [2.45, 2.75) is 19.4 Å². The first-order valence-corrected chi connectivity index (χ1v) is 7.53. The lowest BCUT2D eigenvalue weighted by molar-refractivity contribution is 0.280. The predicted molar refractivity (Wildman–Crippen MR) is 88.4 cm³/mol. The Balaban J connectivity index is 2.01. The van der Waals surface area contributed by atoms with E-state index in [1.165, 1.54) is 5.56 Å². The van der Waals surface area contributed by atoms with Gasteiger partial charge in [-0.15, -0.1) is 0 Å². The number of benzene rings is 1. The standard InChI is InChI=1S/C18H24N2O2/c1-20(2)12-6-7-15-9-10-17(21-3)18(13-15)22-14-16-8-4-5-11-19-16/h4-5,8-11,13H,6-7,12,14H2,1-3H3. The van der Waals surface area contributed by atoms with Crippen molar-refractivity contribution in [2.24, 2.45) is 0 Å². The molecule has 118 valence electrons. The highest BCUT2D eigenvalue weighted by Gasteiger charge is 2.07. The fourth-order valence-electron chi connectivity index (χ4n) is 2.22. The summed E-state index contributed by atoms with van der Waals surface area (Å²) >= 11 is 0. The monoisotopic (exact) mass is 300 g/mol. The maximum atomic E-state index is 5.88. The SMILES string of the molecule is COc1ccc(CCCN(C)C)cc1OCc1ccccn1. The van der Waals surface area contributed by atoms with E-state index in [2.05, 4.69) is 36.1 Å². The van der Waals surface area contributed by atoms with E-state index < -0.39 is 0 Å². The molecule has 4 nitrogen and oxygen atoms in total. The highest BCUT2D eigenvalue weighted by atomic mass is 16.5. The van der Waals surface area contributed by atoms with Crippen molar-refractivity contribution in [3.63, 3.8) is 0 Å². The molecule has 1 heterocycles. The number of hydrogen-bond acceptors (Lipinski definition) is 4. The van der Waals surface area contributed by atoms with Crippen LogP contribution in [0.15, 0.2) is 42.6 Å². The molecule has 0 atom stereocenters. The summed E-state index contributed by atoms with van der Waals surface area (Å²) in [5.41, 5.74) is 2.17. The maximum Gasteiger partial charge on any atom is 0.162 e. The third-order valence-corrected chi connectivity index (χ3v) is 3.40. The van der Waals surface area contributed by atoms with Gasteiger partial charge >= 0.3 is 0 Å². The lowest BCUT2D eigenvalue weighted by Crippen LogP contribution is -2.13. The number of ether oxygens (including phenoxy) is 2. The van der Waals surface area contributed by atoms with E-state index in [4.69, 9.17) is 9.47 Å². The molecule has 2 rings (SSSR count). The van der Waals surface area contributed by atoms with Gasteiger partial charge in [-0.1, -0.05) is 12.1 Å². The van der Waals surface area contributed by atoms with E-state index in [0.717, 1.165) is 36.6 Å². The molecule has 2 aromatic rings. The van der Waals surface area contributed by atoms with Crippen molar-refractivity contribution in [3.8, 4) is 11.5 Å². The molecule has 22 heavy (non-hydrogen) atoms. The third kappa shape index (κ3) is 5.04. The Morgan fingerprint density at radius 2 is 1.95 bits per heavy atom. The van der Waals surface area contributed by atoms with Gasteiger partial charge in [-0.2, -0.15) is 0 Å². The summed E-state index contributed by atoms with van der Waals surface area (Å²) in [6.07, 6.45) is 3.93. The zero-order valence-corrected chi connectivity index (χ0v) is 13.6. The minimum Gasteiger partial charge on any atom is -0.493 e. The molecule has 0 aliphatic heterocycles. The number of pyridine rings is 1. The van der Waals surface area contributed by atoms with Crippen LogP contribution in [0.2, 0.25) is 0 Å². The summed E-state index contributed by atoms with van der Waals surface area (Å²) in [5, 5.41) is 0. The van der Waals surface area contributed by atoms with Crippen LogP contribution >= 0.6 is 0 Å². The van der Waals surface area contributed by atoms with E-state index in [1.54, 1.807) is 13.3 Å². The molecule has 1 aromatic heterocycles. The molecule has 0 aliphatic carbocycles. The number of methoxy groups -OCH3 is 1. The molecule has 0 radical (unpaired) electrons. The average molecular weight is 300 g/mol. The molecule has 0 saturated heterocycles. The molecule has 0 saturated carbocycles. The van der Waals surface area contributed by atoms with Crippen molar-refractivity contribution in [2.75, 3.05) is 27.7 Å². The fourth-order valence-corrected chi connectivity index (χ4v) is 2.22. The Hall–Kier alpha value is -2.07. The lowest BCUT2D eigenvalue weighted by atomic mass is 10.1. The molecular weight excluding hydrogens is 276 g/mol. The second kappa shape index (κ2) is 8.39. The molecule has 0 fully saturated rings. The Labute approximate surface area is 132 Å². The van der Waals surface area contributed by atoms with Crippen molar-refractivity contribution in [1.29, 1.82) is 0 Å². The number of hydrogen-bond donors (Lipinski definition) is 0. The van der Waals surface area contributed by atoms with Crippen LogP contribution in [0, 0.1) is 0 Å². The second-order valence-electron chi connectivity index (χ2n) is 5.50. The maximum absolute atomic E-state index is 5.88. The molecule has 1 aromatic carbocycles. The van der Waals surface area contributed by atoms with Gasteiger partial charge < -0.3 is 14.4 Å². The van der Waals surface area contributed by atoms with Crippen molar-refractivity contribution >= 4 is 0 Å². The van der Waals surface area contributed by atoms with Gasteiger partial charge in [0.25, 0.3) is 0 Å². The molecular formula is C18H24N2O2. The van der Waals surface area contributed by atoms with E-state index >= 15 is 0 Å². The molecule has 0 unspecified atom stereocenters. The van der Waals surface area contributed by atoms with Crippen LogP contribution in [-0.4, -0.2) is 37.6 Å². The van der Waals surface area contributed by atoms with Crippen LogP contribution in [0.25, 0.3) is 0 Å².